The highest BCUT2D eigenvalue weighted by Crippen LogP contribution is 2.25. The molecule has 0 saturated heterocycles. The van der Waals surface area contributed by atoms with Gasteiger partial charge in [0.2, 0.25) is 0 Å². The summed E-state index contributed by atoms with van der Waals surface area (Å²) >= 11 is 0. The maximum Gasteiger partial charge on any atom is 0.339 e. The fraction of sp³-hybridized carbons (Fsp3) is 0.286. The number of hydrogen-bond acceptors (Lipinski definition) is 4. The predicted octanol–water partition coefficient (Wildman–Crippen LogP) is 1.75. The van der Waals surface area contributed by atoms with E-state index < -0.39 is 5.97 Å². The summed E-state index contributed by atoms with van der Waals surface area (Å²) < 4.78 is 12.3. The molecule has 2 rings (SSSR count). The molecule has 1 aromatic carbocycles. The Bertz CT molecular complexity index is 607. The first-order chi connectivity index (χ1) is 9.60. The van der Waals surface area contributed by atoms with Gasteiger partial charge in [-0.3, -0.25) is 4.68 Å². The number of methoxy groups -OCH3 is 1. The molecule has 106 valence electrons. The van der Waals surface area contributed by atoms with Crippen LogP contribution in [0.5, 0.6) is 11.5 Å². The molecule has 0 aliphatic heterocycles. The van der Waals surface area contributed by atoms with Crippen molar-refractivity contribution in [2.45, 2.75) is 6.42 Å². The van der Waals surface area contributed by atoms with Crippen LogP contribution in [0.3, 0.4) is 0 Å². The van der Waals surface area contributed by atoms with Crippen molar-refractivity contribution >= 4 is 5.97 Å². The molecular weight excluding hydrogens is 260 g/mol. The van der Waals surface area contributed by atoms with Gasteiger partial charge in [-0.2, -0.15) is 5.10 Å². The van der Waals surface area contributed by atoms with Crippen molar-refractivity contribution in [1.29, 1.82) is 0 Å². The van der Waals surface area contributed by atoms with Crippen molar-refractivity contribution in [2.24, 2.45) is 7.05 Å². The molecule has 1 heterocycles. The molecule has 0 unspecified atom stereocenters. The van der Waals surface area contributed by atoms with Crippen molar-refractivity contribution < 1.29 is 19.4 Å². The van der Waals surface area contributed by atoms with Crippen molar-refractivity contribution in [3.05, 3.63) is 41.7 Å². The minimum absolute atomic E-state index is 0.122. The highest BCUT2D eigenvalue weighted by Gasteiger charge is 2.12. The average molecular weight is 276 g/mol. The lowest BCUT2D eigenvalue weighted by molar-refractivity contribution is 0.0692. The van der Waals surface area contributed by atoms with E-state index in [1.165, 1.54) is 13.2 Å². The molecule has 0 aliphatic carbocycles. The Morgan fingerprint density at radius 2 is 2.25 bits per heavy atom. The van der Waals surface area contributed by atoms with E-state index in [0.717, 1.165) is 5.56 Å². The largest absolute Gasteiger partial charge is 0.497 e. The van der Waals surface area contributed by atoms with E-state index in [4.69, 9.17) is 14.6 Å². The Morgan fingerprint density at radius 3 is 2.85 bits per heavy atom. The van der Waals surface area contributed by atoms with Crippen LogP contribution in [-0.2, 0) is 13.5 Å². The quantitative estimate of drug-likeness (QED) is 0.870. The van der Waals surface area contributed by atoms with Gasteiger partial charge in [0.1, 0.15) is 17.1 Å². The number of carbonyl (C=O) groups is 1. The van der Waals surface area contributed by atoms with Crippen molar-refractivity contribution in [3.63, 3.8) is 0 Å². The average Bonchev–Trinajstić information content (AvgIpc) is 2.84. The minimum Gasteiger partial charge on any atom is -0.497 e. The number of nitrogens with zero attached hydrogens (tertiary/aromatic N) is 2. The molecule has 0 amide bonds. The monoisotopic (exact) mass is 276 g/mol. The van der Waals surface area contributed by atoms with Crippen LogP contribution in [0.4, 0.5) is 0 Å². The number of benzene rings is 1. The Morgan fingerprint density at radius 1 is 1.45 bits per heavy atom. The van der Waals surface area contributed by atoms with Gasteiger partial charge in [0.05, 0.1) is 19.9 Å². The van der Waals surface area contributed by atoms with Crippen LogP contribution in [0.1, 0.15) is 15.9 Å². The summed E-state index contributed by atoms with van der Waals surface area (Å²) in [6.07, 6.45) is 4.31. The van der Waals surface area contributed by atoms with Crippen LogP contribution < -0.4 is 9.47 Å². The molecule has 0 saturated carbocycles. The van der Waals surface area contributed by atoms with Crippen molar-refractivity contribution in [3.8, 4) is 11.5 Å². The van der Waals surface area contributed by atoms with Gasteiger partial charge in [-0.1, -0.05) is 0 Å². The molecule has 6 nitrogen and oxygen atoms in total. The van der Waals surface area contributed by atoms with Crippen LogP contribution in [-0.4, -0.2) is 34.6 Å². The minimum atomic E-state index is -1.02. The third-order valence-corrected chi connectivity index (χ3v) is 2.83. The molecule has 0 spiro atoms. The van der Waals surface area contributed by atoms with E-state index in [-0.39, 0.29) is 5.56 Å². The third-order valence-electron chi connectivity index (χ3n) is 2.83. The number of carboxylic acid groups (broad SMARTS) is 1. The lowest BCUT2D eigenvalue weighted by Crippen LogP contribution is -2.06. The molecule has 1 N–H and O–H groups in total. The van der Waals surface area contributed by atoms with Gasteiger partial charge in [0, 0.05) is 25.7 Å². The topological polar surface area (TPSA) is 73.6 Å². The SMILES string of the molecule is COc1ccc(C(=O)O)c(OCCc2cnn(C)c2)c1. The Balaban J connectivity index is 2.05. The molecule has 2 aromatic rings. The summed E-state index contributed by atoms with van der Waals surface area (Å²) in [6, 6.07) is 4.64. The Hall–Kier alpha value is -2.50. The van der Waals surface area contributed by atoms with Gasteiger partial charge in [-0.15, -0.1) is 0 Å². The molecule has 0 atom stereocenters. The number of aryl methyl sites for hydroxylation is 1. The fourth-order valence-electron chi connectivity index (χ4n) is 1.81. The lowest BCUT2D eigenvalue weighted by atomic mass is 10.2. The molecule has 0 radical (unpaired) electrons. The zero-order chi connectivity index (χ0) is 14.5. The summed E-state index contributed by atoms with van der Waals surface area (Å²) in [5.74, 6) is -0.156. The van der Waals surface area contributed by atoms with Gasteiger partial charge in [-0.25, -0.2) is 4.79 Å². The van der Waals surface area contributed by atoms with E-state index in [9.17, 15) is 4.79 Å². The first kappa shape index (κ1) is 13.9. The first-order valence-corrected chi connectivity index (χ1v) is 6.12. The maximum absolute atomic E-state index is 11.1. The summed E-state index contributed by atoms with van der Waals surface area (Å²) in [6.45, 7) is 0.374. The number of rotatable bonds is 6. The normalized spacial score (nSPS) is 10.3. The first-order valence-electron chi connectivity index (χ1n) is 6.12. The van der Waals surface area contributed by atoms with Gasteiger partial charge < -0.3 is 14.6 Å². The Labute approximate surface area is 116 Å². The second-order valence-corrected chi connectivity index (χ2v) is 4.29. The second-order valence-electron chi connectivity index (χ2n) is 4.29. The molecule has 0 bridgehead atoms. The van der Waals surface area contributed by atoms with Crippen LogP contribution in [0.2, 0.25) is 0 Å². The van der Waals surface area contributed by atoms with Gasteiger partial charge >= 0.3 is 5.97 Å². The number of aromatic nitrogens is 2. The number of carboxylic acids is 1. The van der Waals surface area contributed by atoms with Crippen LogP contribution in [0.15, 0.2) is 30.6 Å². The third kappa shape index (κ3) is 3.28. The number of aromatic carboxylic acids is 1. The predicted molar refractivity (Wildman–Crippen MR) is 72.4 cm³/mol. The van der Waals surface area contributed by atoms with E-state index in [0.29, 0.717) is 24.5 Å². The van der Waals surface area contributed by atoms with E-state index >= 15 is 0 Å². The van der Waals surface area contributed by atoms with Crippen LogP contribution in [0, 0.1) is 0 Å². The summed E-state index contributed by atoms with van der Waals surface area (Å²) in [5, 5.41) is 13.2. The molecule has 6 heteroatoms. The molecule has 20 heavy (non-hydrogen) atoms. The van der Waals surface area contributed by atoms with Crippen LogP contribution >= 0.6 is 0 Å². The smallest absolute Gasteiger partial charge is 0.339 e. The zero-order valence-corrected chi connectivity index (χ0v) is 11.4. The van der Waals surface area contributed by atoms with Crippen molar-refractivity contribution in [2.75, 3.05) is 13.7 Å². The van der Waals surface area contributed by atoms with Gasteiger partial charge in [-0.05, 0) is 17.7 Å². The van der Waals surface area contributed by atoms with E-state index in [1.54, 1.807) is 23.0 Å². The zero-order valence-electron chi connectivity index (χ0n) is 11.4. The summed E-state index contributed by atoms with van der Waals surface area (Å²) in [4.78, 5) is 11.1. The van der Waals surface area contributed by atoms with E-state index in [2.05, 4.69) is 5.10 Å². The van der Waals surface area contributed by atoms with Gasteiger partial charge in [0.15, 0.2) is 0 Å². The highest BCUT2D eigenvalue weighted by atomic mass is 16.5. The second kappa shape index (κ2) is 6.10. The lowest BCUT2D eigenvalue weighted by Gasteiger charge is -2.10. The van der Waals surface area contributed by atoms with E-state index in [1.807, 2.05) is 13.2 Å². The molecular formula is C14H16N2O4. The molecule has 0 aliphatic rings. The summed E-state index contributed by atoms with van der Waals surface area (Å²) in [7, 11) is 3.37. The highest BCUT2D eigenvalue weighted by molar-refractivity contribution is 5.91. The van der Waals surface area contributed by atoms with Crippen LogP contribution in [0.25, 0.3) is 0 Å². The fourth-order valence-corrected chi connectivity index (χ4v) is 1.81. The summed E-state index contributed by atoms with van der Waals surface area (Å²) in [5.41, 5.74) is 1.16. The van der Waals surface area contributed by atoms with Gasteiger partial charge in [0.25, 0.3) is 0 Å². The number of hydrogen-bond donors (Lipinski definition) is 1. The Kier molecular flexibility index (Phi) is 4.24. The maximum atomic E-state index is 11.1. The molecule has 0 fully saturated rings. The van der Waals surface area contributed by atoms with Crippen molar-refractivity contribution in [1.82, 2.24) is 9.78 Å². The number of ether oxygens (including phenoxy) is 2. The standard InChI is InChI=1S/C14H16N2O4/c1-16-9-10(8-15-16)5-6-20-13-7-11(19-2)3-4-12(13)14(17)18/h3-4,7-9H,5-6H2,1-2H3,(H,17,18). The molecule has 1 aromatic heterocycles.